The van der Waals surface area contributed by atoms with Gasteiger partial charge < -0.3 is 5.32 Å². The molecule has 1 heterocycles. The van der Waals surface area contributed by atoms with Gasteiger partial charge in [0.15, 0.2) is 0 Å². The van der Waals surface area contributed by atoms with Crippen LogP contribution in [0.3, 0.4) is 0 Å². The van der Waals surface area contributed by atoms with E-state index in [4.69, 9.17) is 5.10 Å². The highest BCUT2D eigenvalue weighted by Crippen LogP contribution is 2.43. The number of aryl methyl sites for hydroxylation is 1. The van der Waals surface area contributed by atoms with Crippen LogP contribution in [-0.4, -0.2) is 15.3 Å². The van der Waals surface area contributed by atoms with Gasteiger partial charge in [-0.25, -0.2) is 0 Å². The third-order valence-corrected chi connectivity index (χ3v) is 5.52. The molecule has 1 aromatic rings. The number of nitrogens with zero attached hydrogens (tertiary/aromatic N) is 2. The van der Waals surface area contributed by atoms with E-state index in [1.165, 1.54) is 50.6 Å². The fourth-order valence-corrected chi connectivity index (χ4v) is 4.47. The van der Waals surface area contributed by atoms with E-state index in [0.717, 1.165) is 12.2 Å². The Hall–Kier alpha value is -0.830. The second-order valence-corrected chi connectivity index (χ2v) is 8.42. The van der Waals surface area contributed by atoms with Crippen LogP contribution in [0.15, 0.2) is 6.07 Å². The summed E-state index contributed by atoms with van der Waals surface area (Å²) in [6, 6.07) is 2.91. The topological polar surface area (TPSA) is 29.9 Å². The van der Waals surface area contributed by atoms with Crippen molar-refractivity contribution >= 4 is 0 Å². The normalized spacial score (nSPS) is 29.3. The highest BCUT2D eigenvalue weighted by Gasteiger charge is 2.39. The van der Waals surface area contributed by atoms with Gasteiger partial charge in [0.25, 0.3) is 0 Å². The van der Waals surface area contributed by atoms with Gasteiger partial charge in [-0.1, -0.05) is 26.7 Å². The Labute approximate surface area is 129 Å². The number of nitrogens with one attached hydrogen (secondary N) is 1. The number of aromatic nitrogens is 2. The van der Waals surface area contributed by atoms with Crippen LogP contribution in [0.2, 0.25) is 0 Å². The van der Waals surface area contributed by atoms with Gasteiger partial charge in [-0.05, 0) is 57.4 Å². The van der Waals surface area contributed by atoms with Crippen molar-refractivity contribution in [2.24, 2.45) is 5.41 Å². The summed E-state index contributed by atoms with van der Waals surface area (Å²) in [6.07, 6.45) is 9.23. The van der Waals surface area contributed by atoms with Gasteiger partial charge in [-0.2, -0.15) is 5.10 Å². The van der Waals surface area contributed by atoms with E-state index < -0.39 is 0 Å². The molecule has 0 radical (unpaired) electrons. The van der Waals surface area contributed by atoms with E-state index in [9.17, 15) is 0 Å². The molecular formula is C18H31N3. The molecule has 2 aliphatic carbocycles. The van der Waals surface area contributed by atoms with Crippen molar-refractivity contribution in [3.05, 3.63) is 17.5 Å². The van der Waals surface area contributed by atoms with Gasteiger partial charge in [0.05, 0.1) is 17.4 Å². The molecule has 0 bridgehead atoms. The standard InChI is InChI=1S/C18H31N3/c1-14-11-16(21(20-14)15-7-5-6-8-15)12-19-18(4)10-9-17(2,3)13-18/h11,15,19H,5-10,12-13H2,1-4H3. The van der Waals surface area contributed by atoms with Gasteiger partial charge in [-0.15, -0.1) is 0 Å². The maximum Gasteiger partial charge on any atom is 0.0597 e. The molecular weight excluding hydrogens is 258 g/mol. The van der Waals surface area contributed by atoms with Crippen LogP contribution in [0.25, 0.3) is 0 Å². The molecule has 1 unspecified atom stereocenters. The van der Waals surface area contributed by atoms with E-state index in [0.29, 0.717) is 17.0 Å². The Balaban J connectivity index is 1.68. The number of rotatable bonds is 4. The van der Waals surface area contributed by atoms with Gasteiger partial charge in [-0.3, -0.25) is 4.68 Å². The summed E-state index contributed by atoms with van der Waals surface area (Å²) in [4.78, 5) is 0. The van der Waals surface area contributed by atoms with Crippen LogP contribution < -0.4 is 5.32 Å². The number of hydrogen-bond acceptors (Lipinski definition) is 2. The summed E-state index contributed by atoms with van der Waals surface area (Å²) in [6.45, 7) is 10.3. The Kier molecular flexibility index (Phi) is 3.89. The second kappa shape index (κ2) is 5.42. The molecule has 1 atom stereocenters. The van der Waals surface area contributed by atoms with Crippen molar-refractivity contribution in [1.82, 2.24) is 15.1 Å². The Morgan fingerprint density at radius 2 is 1.95 bits per heavy atom. The van der Waals surface area contributed by atoms with E-state index in [2.05, 4.69) is 43.8 Å². The first-order chi connectivity index (χ1) is 9.87. The second-order valence-electron chi connectivity index (χ2n) is 8.42. The predicted octanol–water partition coefficient (Wildman–Crippen LogP) is 4.37. The maximum absolute atomic E-state index is 4.77. The first kappa shape index (κ1) is 15.1. The molecule has 1 N–H and O–H groups in total. The summed E-state index contributed by atoms with van der Waals surface area (Å²) >= 11 is 0. The zero-order valence-corrected chi connectivity index (χ0v) is 14.2. The molecule has 21 heavy (non-hydrogen) atoms. The Morgan fingerprint density at radius 3 is 2.57 bits per heavy atom. The van der Waals surface area contributed by atoms with Crippen molar-refractivity contribution in [1.29, 1.82) is 0 Å². The van der Waals surface area contributed by atoms with Crippen LogP contribution >= 0.6 is 0 Å². The molecule has 3 rings (SSSR count). The molecule has 0 amide bonds. The molecule has 118 valence electrons. The summed E-state index contributed by atoms with van der Waals surface area (Å²) in [5, 5.41) is 8.61. The van der Waals surface area contributed by atoms with Crippen LogP contribution in [0.1, 0.15) is 83.1 Å². The average Bonchev–Trinajstić information content (AvgIpc) is 3.07. The van der Waals surface area contributed by atoms with Gasteiger partial charge in [0, 0.05) is 12.1 Å². The minimum absolute atomic E-state index is 0.294. The minimum atomic E-state index is 0.294. The van der Waals surface area contributed by atoms with Gasteiger partial charge in [0.2, 0.25) is 0 Å². The summed E-state index contributed by atoms with van der Waals surface area (Å²) in [7, 11) is 0. The highest BCUT2D eigenvalue weighted by molar-refractivity contribution is 5.11. The van der Waals surface area contributed by atoms with Crippen molar-refractivity contribution < 1.29 is 0 Å². The molecule has 1 aromatic heterocycles. The van der Waals surface area contributed by atoms with E-state index in [-0.39, 0.29) is 0 Å². The molecule has 0 aromatic carbocycles. The fourth-order valence-electron chi connectivity index (χ4n) is 4.47. The molecule has 3 heteroatoms. The van der Waals surface area contributed by atoms with E-state index in [1.807, 2.05) is 0 Å². The molecule has 2 fully saturated rings. The smallest absolute Gasteiger partial charge is 0.0597 e. The number of hydrogen-bond donors (Lipinski definition) is 1. The highest BCUT2D eigenvalue weighted by atomic mass is 15.3. The zero-order valence-electron chi connectivity index (χ0n) is 14.2. The lowest BCUT2D eigenvalue weighted by atomic mass is 9.88. The van der Waals surface area contributed by atoms with Crippen LogP contribution in [-0.2, 0) is 6.54 Å². The largest absolute Gasteiger partial charge is 0.306 e. The van der Waals surface area contributed by atoms with Crippen molar-refractivity contribution in [3.8, 4) is 0 Å². The fraction of sp³-hybridized carbons (Fsp3) is 0.833. The molecule has 0 spiro atoms. The van der Waals surface area contributed by atoms with Crippen molar-refractivity contribution in [2.45, 2.75) is 90.8 Å². The first-order valence-electron chi connectivity index (χ1n) is 8.67. The lowest BCUT2D eigenvalue weighted by Gasteiger charge is -2.28. The lowest BCUT2D eigenvalue weighted by Crippen LogP contribution is -2.40. The molecule has 3 nitrogen and oxygen atoms in total. The quantitative estimate of drug-likeness (QED) is 0.892. The molecule has 0 saturated heterocycles. The van der Waals surface area contributed by atoms with E-state index >= 15 is 0 Å². The monoisotopic (exact) mass is 289 g/mol. The molecule has 2 saturated carbocycles. The minimum Gasteiger partial charge on any atom is -0.306 e. The van der Waals surface area contributed by atoms with Crippen molar-refractivity contribution in [2.75, 3.05) is 0 Å². The summed E-state index contributed by atoms with van der Waals surface area (Å²) in [5.74, 6) is 0. The van der Waals surface area contributed by atoms with E-state index in [1.54, 1.807) is 0 Å². The lowest BCUT2D eigenvalue weighted by molar-refractivity contribution is 0.298. The van der Waals surface area contributed by atoms with Crippen LogP contribution in [0.5, 0.6) is 0 Å². The summed E-state index contributed by atoms with van der Waals surface area (Å²) < 4.78 is 2.32. The van der Waals surface area contributed by atoms with Crippen molar-refractivity contribution in [3.63, 3.8) is 0 Å². The summed E-state index contributed by atoms with van der Waals surface area (Å²) in [5.41, 5.74) is 3.33. The van der Waals surface area contributed by atoms with Gasteiger partial charge >= 0.3 is 0 Å². The zero-order chi connectivity index (χ0) is 15.1. The van der Waals surface area contributed by atoms with Crippen LogP contribution in [0.4, 0.5) is 0 Å². The maximum atomic E-state index is 4.77. The first-order valence-corrected chi connectivity index (χ1v) is 8.67. The van der Waals surface area contributed by atoms with Crippen LogP contribution in [0, 0.1) is 12.3 Å². The molecule has 2 aliphatic rings. The average molecular weight is 289 g/mol. The third kappa shape index (κ3) is 3.33. The van der Waals surface area contributed by atoms with Gasteiger partial charge in [0.1, 0.15) is 0 Å². The Bertz CT molecular complexity index is 497. The molecule has 0 aliphatic heterocycles. The predicted molar refractivity (Wildman–Crippen MR) is 87.3 cm³/mol. The Morgan fingerprint density at radius 1 is 1.24 bits per heavy atom. The third-order valence-electron chi connectivity index (χ3n) is 5.52. The SMILES string of the molecule is Cc1cc(CNC2(C)CCC(C)(C)C2)n(C2CCCC2)n1.